The molecule has 0 unspecified atom stereocenters. The molecule has 2 aromatic rings. The van der Waals surface area contributed by atoms with Crippen molar-refractivity contribution in [1.29, 1.82) is 0 Å². The quantitative estimate of drug-likeness (QED) is 0.377. The highest BCUT2D eigenvalue weighted by molar-refractivity contribution is 5.65. The number of benzene rings is 2. The van der Waals surface area contributed by atoms with E-state index in [1.165, 1.54) is 12.1 Å². The van der Waals surface area contributed by atoms with Crippen LogP contribution in [0.1, 0.15) is 11.1 Å². The van der Waals surface area contributed by atoms with Gasteiger partial charge in [-0.1, -0.05) is 35.8 Å². The smallest absolute Gasteiger partial charge is 0.269 e. The lowest BCUT2D eigenvalue weighted by Gasteiger charge is -2.11. The number of rotatable bonds is 2. The monoisotopic (exact) mass is 416 g/mol. The summed E-state index contributed by atoms with van der Waals surface area (Å²) >= 11 is 0. The first-order valence-corrected chi connectivity index (χ1v) is 10.1. The minimum atomic E-state index is -0.417. The van der Waals surface area contributed by atoms with Crippen LogP contribution in [0, 0.1) is 33.8 Å². The molecule has 0 saturated heterocycles. The summed E-state index contributed by atoms with van der Waals surface area (Å²) < 4.78 is 0. The summed E-state index contributed by atoms with van der Waals surface area (Å²) in [5, 5.41) is 10.7. The van der Waals surface area contributed by atoms with Crippen molar-refractivity contribution in [3.8, 4) is 23.7 Å². The molecule has 2 aliphatic carbocycles. The number of non-ortho nitro benzene ring substituents is 1. The van der Waals surface area contributed by atoms with Gasteiger partial charge in [0.1, 0.15) is 0 Å². The lowest BCUT2D eigenvalue weighted by molar-refractivity contribution is -0.384. The van der Waals surface area contributed by atoms with Crippen LogP contribution in [0.2, 0.25) is 0 Å². The van der Waals surface area contributed by atoms with E-state index in [0.29, 0.717) is 0 Å². The zero-order valence-electron chi connectivity index (χ0n) is 17.8. The Hall–Kier alpha value is -4.54. The largest absolute Gasteiger partial charge is 0.378 e. The van der Waals surface area contributed by atoms with Crippen LogP contribution in [0.15, 0.2) is 107 Å². The van der Waals surface area contributed by atoms with Crippen LogP contribution in [0.25, 0.3) is 0 Å². The standard InChI is InChI=1S/C28H20N2O2/c1-29(2)27-15-9-21(10-16-27)3-5-23-7-13-25(19-23)26-14-8-24(20-26)6-4-22-11-17-28(18-12-22)30(31)32/h7-20H,1-2H3/b26-25+. The number of hydrogen-bond donors (Lipinski definition) is 0. The van der Waals surface area contributed by atoms with Gasteiger partial charge in [-0.15, -0.1) is 0 Å². The Balaban J connectivity index is 1.46. The third-order valence-corrected chi connectivity index (χ3v) is 5.00. The number of allylic oxidation sites excluding steroid dienone is 10. The van der Waals surface area contributed by atoms with Crippen LogP contribution < -0.4 is 4.90 Å². The van der Waals surface area contributed by atoms with Crippen LogP contribution in [-0.2, 0) is 0 Å². The van der Waals surface area contributed by atoms with Gasteiger partial charge in [-0.25, -0.2) is 0 Å². The molecule has 2 aromatic carbocycles. The third-order valence-electron chi connectivity index (χ3n) is 5.00. The van der Waals surface area contributed by atoms with Crippen molar-refractivity contribution in [3.63, 3.8) is 0 Å². The zero-order chi connectivity index (χ0) is 22.5. The molecule has 0 saturated carbocycles. The van der Waals surface area contributed by atoms with E-state index in [4.69, 9.17) is 0 Å². The summed E-state index contributed by atoms with van der Waals surface area (Å²) in [6.45, 7) is 0. The van der Waals surface area contributed by atoms with E-state index in [1.54, 1.807) is 12.1 Å². The molecule has 0 aromatic heterocycles. The van der Waals surface area contributed by atoms with Gasteiger partial charge in [0.25, 0.3) is 5.69 Å². The van der Waals surface area contributed by atoms with Gasteiger partial charge in [-0.2, -0.15) is 0 Å². The Bertz CT molecular complexity index is 1340. The van der Waals surface area contributed by atoms with Gasteiger partial charge in [-0.3, -0.25) is 10.1 Å². The first-order chi connectivity index (χ1) is 15.5. The van der Waals surface area contributed by atoms with E-state index in [0.717, 1.165) is 39.1 Å². The molecule has 4 heteroatoms. The summed E-state index contributed by atoms with van der Waals surface area (Å²) in [4.78, 5) is 12.4. The van der Waals surface area contributed by atoms with Gasteiger partial charge in [0.05, 0.1) is 4.92 Å². The Morgan fingerprint density at radius 1 is 0.688 bits per heavy atom. The molecule has 2 aliphatic rings. The molecule has 0 amide bonds. The number of nitro groups is 1. The predicted molar refractivity (Wildman–Crippen MR) is 129 cm³/mol. The molecule has 0 heterocycles. The minimum absolute atomic E-state index is 0.0619. The number of hydrogen-bond acceptors (Lipinski definition) is 3. The van der Waals surface area contributed by atoms with Crippen molar-refractivity contribution < 1.29 is 4.92 Å². The van der Waals surface area contributed by atoms with E-state index < -0.39 is 4.92 Å². The summed E-state index contributed by atoms with van der Waals surface area (Å²) in [7, 11) is 4.03. The summed E-state index contributed by atoms with van der Waals surface area (Å²) in [6.07, 6.45) is 12.2. The molecule has 154 valence electrons. The summed E-state index contributed by atoms with van der Waals surface area (Å²) in [5.41, 5.74) is 6.98. The van der Waals surface area contributed by atoms with Gasteiger partial charge < -0.3 is 4.90 Å². The van der Waals surface area contributed by atoms with Gasteiger partial charge in [-0.05, 0) is 71.8 Å². The fraction of sp³-hybridized carbons (Fsp3) is 0.0714. The highest BCUT2D eigenvalue weighted by atomic mass is 16.6. The molecule has 32 heavy (non-hydrogen) atoms. The van der Waals surface area contributed by atoms with Gasteiger partial charge >= 0.3 is 0 Å². The molecule has 0 radical (unpaired) electrons. The van der Waals surface area contributed by atoms with Crippen LogP contribution in [-0.4, -0.2) is 19.0 Å². The lowest BCUT2D eigenvalue weighted by atomic mass is 10.1. The fourth-order valence-corrected chi connectivity index (χ4v) is 3.20. The first kappa shape index (κ1) is 20.7. The highest BCUT2D eigenvalue weighted by Crippen LogP contribution is 2.25. The van der Waals surface area contributed by atoms with Crippen molar-refractivity contribution >= 4 is 11.4 Å². The van der Waals surface area contributed by atoms with E-state index in [-0.39, 0.29) is 5.69 Å². The maximum absolute atomic E-state index is 10.7. The molecule has 0 fully saturated rings. The van der Waals surface area contributed by atoms with Crippen LogP contribution in [0.3, 0.4) is 0 Å². The van der Waals surface area contributed by atoms with Crippen molar-refractivity contribution in [1.82, 2.24) is 0 Å². The Labute approximate surface area is 187 Å². The molecule has 0 aliphatic heterocycles. The van der Waals surface area contributed by atoms with Gasteiger partial charge in [0, 0.05) is 54.2 Å². The van der Waals surface area contributed by atoms with Gasteiger partial charge in [0.2, 0.25) is 0 Å². The van der Waals surface area contributed by atoms with E-state index in [2.05, 4.69) is 52.9 Å². The second-order valence-corrected chi connectivity index (χ2v) is 7.52. The molecular weight excluding hydrogens is 396 g/mol. The van der Waals surface area contributed by atoms with Crippen LogP contribution >= 0.6 is 0 Å². The molecule has 0 spiro atoms. The number of nitro benzene ring substituents is 1. The van der Waals surface area contributed by atoms with E-state index >= 15 is 0 Å². The number of nitrogens with zero attached hydrogens (tertiary/aromatic N) is 2. The second kappa shape index (κ2) is 9.08. The molecule has 4 nitrogen and oxygen atoms in total. The highest BCUT2D eigenvalue weighted by Gasteiger charge is 2.08. The lowest BCUT2D eigenvalue weighted by Crippen LogP contribution is -2.07. The maximum atomic E-state index is 10.7. The molecule has 4 rings (SSSR count). The average molecular weight is 416 g/mol. The summed E-state index contributed by atoms with van der Waals surface area (Å²) in [5.74, 6) is 12.6. The molecular formula is C28H20N2O2. The van der Waals surface area contributed by atoms with Crippen LogP contribution in [0.4, 0.5) is 11.4 Å². The van der Waals surface area contributed by atoms with Gasteiger partial charge in [0.15, 0.2) is 0 Å². The SMILES string of the molecule is CN(C)c1ccc(C#CC2=C/C(=C3\C=CC(C#Cc4ccc([N+](=O)[O-])cc4)=C3)C=C2)cc1. The van der Waals surface area contributed by atoms with Crippen molar-refractivity contribution in [2.24, 2.45) is 0 Å². The number of anilines is 1. The third kappa shape index (κ3) is 4.95. The van der Waals surface area contributed by atoms with Crippen molar-refractivity contribution in [3.05, 3.63) is 129 Å². The fourth-order valence-electron chi connectivity index (χ4n) is 3.20. The Morgan fingerprint density at radius 3 is 1.59 bits per heavy atom. The Kier molecular flexibility index (Phi) is 5.88. The second-order valence-electron chi connectivity index (χ2n) is 7.52. The van der Waals surface area contributed by atoms with E-state index in [1.807, 2.05) is 50.5 Å². The predicted octanol–water partition coefficient (Wildman–Crippen LogP) is 5.35. The van der Waals surface area contributed by atoms with E-state index in [9.17, 15) is 10.1 Å². The maximum Gasteiger partial charge on any atom is 0.269 e. The molecule has 0 atom stereocenters. The topological polar surface area (TPSA) is 46.4 Å². The average Bonchev–Trinajstić information content (AvgIpc) is 3.46. The Morgan fingerprint density at radius 2 is 1.16 bits per heavy atom. The van der Waals surface area contributed by atoms with Crippen molar-refractivity contribution in [2.75, 3.05) is 19.0 Å². The summed E-state index contributed by atoms with van der Waals surface area (Å²) in [6, 6.07) is 14.4. The molecule has 0 N–H and O–H groups in total. The van der Waals surface area contributed by atoms with Crippen molar-refractivity contribution in [2.45, 2.75) is 0 Å². The normalized spacial score (nSPS) is 15.9. The minimum Gasteiger partial charge on any atom is -0.378 e. The first-order valence-electron chi connectivity index (χ1n) is 10.1. The molecule has 0 bridgehead atoms. The zero-order valence-corrected chi connectivity index (χ0v) is 17.8. The van der Waals surface area contributed by atoms with Crippen LogP contribution in [0.5, 0.6) is 0 Å².